The van der Waals surface area contributed by atoms with E-state index in [-0.39, 0.29) is 5.41 Å². The summed E-state index contributed by atoms with van der Waals surface area (Å²) >= 11 is 0. The molecule has 0 saturated heterocycles. The van der Waals surface area contributed by atoms with Gasteiger partial charge in [0.05, 0.1) is 5.41 Å². The van der Waals surface area contributed by atoms with Crippen LogP contribution in [0.25, 0.3) is 0 Å². The van der Waals surface area contributed by atoms with Gasteiger partial charge >= 0.3 is 5.97 Å². The Morgan fingerprint density at radius 3 is 2.33 bits per heavy atom. The van der Waals surface area contributed by atoms with Crippen LogP contribution in [0.5, 0.6) is 0 Å². The van der Waals surface area contributed by atoms with E-state index in [1.807, 2.05) is 19.0 Å². The van der Waals surface area contributed by atoms with Crippen molar-refractivity contribution in [3.05, 3.63) is 0 Å². The minimum absolute atomic E-state index is 0.371. The van der Waals surface area contributed by atoms with Crippen molar-refractivity contribution in [2.45, 2.75) is 25.7 Å². The molecule has 70 valence electrons. The predicted octanol–water partition coefficient (Wildman–Crippen LogP) is 1.19. The Bertz CT molecular complexity index is 173. The molecule has 0 aromatic rings. The molecule has 1 saturated carbocycles. The number of aliphatic carboxylic acids is 1. The van der Waals surface area contributed by atoms with Crippen molar-refractivity contribution in [1.82, 2.24) is 4.90 Å². The average molecular weight is 171 g/mol. The minimum atomic E-state index is -0.601. The highest BCUT2D eigenvalue weighted by molar-refractivity contribution is 5.75. The maximum absolute atomic E-state index is 10.9. The third-order valence-corrected chi connectivity index (χ3v) is 2.80. The third kappa shape index (κ3) is 1.78. The summed E-state index contributed by atoms with van der Waals surface area (Å²) in [5, 5.41) is 8.98. The van der Waals surface area contributed by atoms with Crippen LogP contribution in [-0.4, -0.2) is 36.6 Å². The quantitative estimate of drug-likeness (QED) is 0.690. The molecule has 0 aromatic heterocycles. The molecule has 3 heteroatoms. The van der Waals surface area contributed by atoms with Crippen LogP contribution < -0.4 is 0 Å². The van der Waals surface area contributed by atoms with Crippen molar-refractivity contribution < 1.29 is 9.90 Å². The van der Waals surface area contributed by atoms with E-state index in [9.17, 15) is 4.79 Å². The van der Waals surface area contributed by atoms with Gasteiger partial charge in [0.15, 0.2) is 0 Å². The molecule has 3 nitrogen and oxygen atoms in total. The lowest BCUT2D eigenvalue weighted by Crippen LogP contribution is -2.40. The molecule has 0 heterocycles. The summed E-state index contributed by atoms with van der Waals surface area (Å²) in [4.78, 5) is 12.9. The molecule has 0 aromatic carbocycles. The van der Waals surface area contributed by atoms with Gasteiger partial charge in [-0.05, 0) is 39.9 Å². The second kappa shape index (κ2) is 3.44. The van der Waals surface area contributed by atoms with E-state index in [0.29, 0.717) is 0 Å². The topological polar surface area (TPSA) is 40.5 Å². The summed E-state index contributed by atoms with van der Waals surface area (Å²) in [5.41, 5.74) is -0.371. The molecule has 0 aliphatic heterocycles. The fourth-order valence-electron chi connectivity index (χ4n) is 1.61. The van der Waals surface area contributed by atoms with E-state index >= 15 is 0 Å². The number of carboxylic acid groups (broad SMARTS) is 1. The van der Waals surface area contributed by atoms with Crippen LogP contribution in [0.4, 0.5) is 0 Å². The zero-order valence-corrected chi connectivity index (χ0v) is 7.84. The highest BCUT2D eigenvalue weighted by atomic mass is 16.4. The van der Waals surface area contributed by atoms with Gasteiger partial charge in [0.25, 0.3) is 0 Å². The van der Waals surface area contributed by atoms with Crippen LogP contribution in [0, 0.1) is 5.41 Å². The van der Waals surface area contributed by atoms with Crippen LogP contribution in [0.1, 0.15) is 25.7 Å². The highest BCUT2D eigenvalue weighted by Gasteiger charge is 2.43. The van der Waals surface area contributed by atoms with Gasteiger partial charge in [-0.15, -0.1) is 0 Å². The first kappa shape index (κ1) is 9.52. The summed E-state index contributed by atoms with van der Waals surface area (Å²) in [6.07, 6.45) is 3.63. The lowest BCUT2D eigenvalue weighted by atomic mass is 9.66. The molecular weight excluding hydrogens is 154 g/mol. The molecule has 0 radical (unpaired) electrons. The largest absolute Gasteiger partial charge is 0.481 e. The number of nitrogens with zero attached hydrogens (tertiary/aromatic N) is 1. The Morgan fingerprint density at radius 2 is 2.08 bits per heavy atom. The fraction of sp³-hybridized carbons (Fsp3) is 0.889. The van der Waals surface area contributed by atoms with E-state index in [1.165, 1.54) is 0 Å². The summed E-state index contributed by atoms with van der Waals surface area (Å²) in [7, 11) is 3.96. The molecular formula is C9H17NO2. The van der Waals surface area contributed by atoms with E-state index in [2.05, 4.69) is 0 Å². The summed E-state index contributed by atoms with van der Waals surface area (Å²) in [5.74, 6) is -0.601. The van der Waals surface area contributed by atoms with Crippen molar-refractivity contribution >= 4 is 5.97 Å². The van der Waals surface area contributed by atoms with Gasteiger partial charge in [-0.25, -0.2) is 0 Å². The lowest BCUT2D eigenvalue weighted by molar-refractivity contribution is -0.155. The van der Waals surface area contributed by atoms with Crippen molar-refractivity contribution in [1.29, 1.82) is 0 Å². The van der Waals surface area contributed by atoms with Gasteiger partial charge in [0, 0.05) is 0 Å². The van der Waals surface area contributed by atoms with E-state index < -0.39 is 5.97 Å². The number of hydrogen-bond acceptors (Lipinski definition) is 2. The van der Waals surface area contributed by atoms with E-state index in [1.54, 1.807) is 0 Å². The molecule has 12 heavy (non-hydrogen) atoms. The molecule has 0 unspecified atom stereocenters. The first-order valence-electron chi connectivity index (χ1n) is 4.45. The Balaban J connectivity index is 2.40. The van der Waals surface area contributed by atoms with Crippen LogP contribution in [0.2, 0.25) is 0 Å². The maximum atomic E-state index is 10.9. The van der Waals surface area contributed by atoms with Crippen molar-refractivity contribution in [2.24, 2.45) is 5.41 Å². The number of hydrogen-bond donors (Lipinski definition) is 1. The number of rotatable bonds is 4. The molecule has 0 spiro atoms. The fourth-order valence-corrected chi connectivity index (χ4v) is 1.61. The van der Waals surface area contributed by atoms with E-state index in [0.717, 1.165) is 32.2 Å². The maximum Gasteiger partial charge on any atom is 0.309 e. The minimum Gasteiger partial charge on any atom is -0.481 e. The van der Waals surface area contributed by atoms with Crippen molar-refractivity contribution in [3.63, 3.8) is 0 Å². The van der Waals surface area contributed by atoms with Crippen LogP contribution in [0.15, 0.2) is 0 Å². The Morgan fingerprint density at radius 1 is 1.50 bits per heavy atom. The van der Waals surface area contributed by atoms with Crippen molar-refractivity contribution in [3.8, 4) is 0 Å². The Kier molecular flexibility index (Phi) is 2.73. The van der Waals surface area contributed by atoms with E-state index in [4.69, 9.17) is 5.11 Å². The second-order valence-electron chi connectivity index (χ2n) is 3.99. The van der Waals surface area contributed by atoms with Gasteiger partial charge in [0.1, 0.15) is 0 Å². The van der Waals surface area contributed by atoms with Gasteiger partial charge in [0.2, 0.25) is 0 Å². The molecule has 1 fully saturated rings. The first-order valence-corrected chi connectivity index (χ1v) is 4.45. The number of carboxylic acids is 1. The predicted molar refractivity (Wildman–Crippen MR) is 47.1 cm³/mol. The third-order valence-electron chi connectivity index (χ3n) is 2.80. The lowest BCUT2D eigenvalue weighted by Gasteiger charge is -2.38. The molecule has 1 N–H and O–H groups in total. The molecule has 1 rings (SSSR count). The van der Waals surface area contributed by atoms with Gasteiger partial charge in [-0.3, -0.25) is 4.79 Å². The van der Waals surface area contributed by atoms with Crippen LogP contribution in [-0.2, 0) is 4.79 Å². The van der Waals surface area contributed by atoms with Crippen molar-refractivity contribution in [2.75, 3.05) is 20.6 Å². The van der Waals surface area contributed by atoms with Gasteiger partial charge in [-0.2, -0.15) is 0 Å². The van der Waals surface area contributed by atoms with Crippen LogP contribution >= 0.6 is 0 Å². The van der Waals surface area contributed by atoms with Gasteiger partial charge in [-0.1, -0.05) is 6.42 Å². The molecule has 0 bridgehead atoms. The summed E-state index contributed by atoms with van der Waals surface area (Å²) in [6.45, 7) is 0.881. The second-order valence-corrected chi connectivity index (χ2v) is 3.99. The standard InChI is InChI=1S/C9H17NO2/c1-10(2)7-6-9(8(11)12)4-3-5-9/h3-7H2,1-2H3,(H,11,12). The SMILES string of the molecule is CN(C)CCC1(C(=O)O)CCC1. The Labute approximate surface area is 73.4 Å². The summed E-state index contributed by atoms with van der Waals surface area (Å²) < 4.78 is 0. The zero-order chi connectivity index (χ0) is 9.19. The smallest absolute Gasteiger partial charge is 0.309 e. The molecule has 0 atom stereocenters. The Hall–Kier alpha value is -0.570. The average Bonchev–Trinajstić information content (AvgIpc) is 1.83. The number of carbonyl (C=O) groups is 1. The molecule has 0 amide bonds. The van der Waals surface area contributed by atoms with Gasteiger partial charge < -0.3 is 10.0 Å². The monoisotopic (exact) mass is 171 g/mol. The highest BCUT2D eigenvalue weighted by Crippen LogP contribution is 2.44. The van der Waals surface area contributed by atoms with Crippen LogP contribution in [0.3, 0.4) is 0 Å². The molecule has 1 aliphatic rings. The first-order chi connectivity index (χ1) is 5.57. The normalized spacial score (nSPS) is 20.6. The summed E-state index contributed by atoms with van der Waals surface area (Å²) in [6, 6.07) is 0. The zero-order valence-electron chi connectivity index (χ0n) is 7.84. The molecule has 1 aliphatic carbocycles.